The number of nitrogens with one attached hydrogen (secondary N) is 1. The summed E-state index contributed by atoms with van der Waals surface area (Å²) in [4.78, 5) is 20.2. The van der Waals surface area contributed by atoms with E-state index in [9.17, 15) is 4.79 Å². The average Bonchev–Trinajstić information content (AvgIpc) is 3.04. The predicted octanol–water partition coefficient (Wildman–Crippen LogP) is 3.33. The highest BCUT2D eigenvalue weighted by Gasteiger charge is 2.18. The molecule has 0 aliphatic rings. The molecule has 0 radical (unpaired) electrons. The summed E-state index contributed by atoms with van der Waals surface area (Å²) in [6, 6.07) is 1.96. The van der Waals surface area contributed by atoms with Gasteiger partial charge in [0.05, 0.1) is 6.54 Å². The van der Waals surface area contributed by atoms with Gasteiger partial charge in [-0.05, 0) is 41.2 Å². The zero-order chi connectivity index (χ0) is 15.4. The molecular weight excluding hydrogens is 372 g/mol. The second-order valence-corrected chi connectivity index (χ2v) is 7.09. The summed E-state index contributed by atoms with van der Waals surface area (Å²) < 4.78 is 1.01. The normalized spacial score (nSPS) is 10.6. The van der Waals surface area contributed by atoms with E-state index in [0.29, 0.717) is 17.2 Å². The third kappa shape index (κ3) is 3.75. The third-order valence-electron chi connectivity index (χ3n) is 2.98. The lowest BCUT2D eigenvalue weighted by atomic mass is 10.4. The Hall–Kier alpha value is -1.12. The molecule has 0 aromatic carbocycles. The quantitative estimate of drug-likeness (QED) is 0.795. The fourth-order valence-corrected chi connectivity index (χ4v) is 4.27. The lowest BCUT2D eigenvalue weighted by molar-refractivity contribution is 0.0956. The second kappa shape index (κ2) is 7.24. The molecule has 2 aromatic heterocycles. The van der Waals surface area contributed by atoms with E-state index >= 15 is 0 Å². The van der Waals surface area contributed by atoms with Gasteiger partial charge < -0.3 is 16.0 Å². The molecule has 114 valence electrons. The van der Waals surface area contributed by atoms with E-state index in [4.69, 9.17) is 5.73 Å². The number of nitrogen functional groups attached to an aromatic ring is 1. The summed E-state index contributed by atoms with van der Waals surface area (Å²) in [6.45, 7) is 6.26. The number of nitrogens with zero attached hydrogens (tertiary/aromatic N) is 2. The number of rotatable bonds is 6. The molecule has 2 heterocycles. The number of carbonyl (C=O) groups excluding carboxylic acids is 1. The predicted molar refractivity (Wildman–Crippen MR) is 93.3 cm³/mol. The number of aromatic nitrogens is 1. The van der Waals surface area contributed by atoms with E-state index in [1.807, 2.05) is 11.4 Å². The summed E-state index contributed by atoms with van der Waals surface area (Å²) >= 11 is 6.38. The number of anilines is 2. The highest BCUT2D eigenvalue weighted by atomic mass is 79.9. The molecule has 0 atom stereocenters. The van der Waals surface area contributed by atoms with Crippen molar-refractivity contribution < 1.29 is 4.79 Å². The standard InChI is InChI=1S/C13H17BrN4OS2/c1-3-18(4-2)13-17-11(15)10(21-13)12(19)16-7-9-8(14)5-6-20-9/h5-6H,3-4,7,15H2,1-2H3,(H,16,19). The second-order valence-electron chi connectivity index (χ2n) is 4.26. The van der Waals surface area contributed by atoms with Crippen molar-refractivity contribution in [2.45, 2.75) is 20.4 Å². The van der Waals surface area contributed by atoms with Crippen molar-refractivity contribution in [2.24, 2.45) is 0 Å². The van der Waals surface area contributed by atoms with Crippen LogP contribution in [0.2, 0.25) is 0 Å². The molecule has 0 unspecified atom stereocenters. The first-order valence-corrected chi connectivity index (χ1v) is 9.07. The van der Waals surface area contributed by atoms with Gasteiger partial charge in [0.25, 0.3) is 5.91 Å². The summed E-state index contributed by atoms with van der Waals surface area (Å²) in [5.41, 5.74) is 5.87. The van der Waals surface area contributed by atoms with E-state index in [0.717, 1.165) is 27.6 Å². The SMILES string of the molecule is CCN(CC)c1nc(N)c(C(=O)NCc2sccc2Br)s1. The molecule has 8 heteroatoms. The molecule has 21 heavy (non-hydrogen) atoms. The van der Waals surface area contributed by atoms with Crippen LogP contribution in [-0.4, -0.2) is 24.0 Å². The van der Waals surface area contributed by atoms with Crippen molar-refractivity contribution >= 4 is 55.5 Å². The van der Waals surface area contributed by atoms with E-state index in [-0.39, 0.29) is 5.91 Å². The van der Waals surface area contributed by atoms with Crippen LogP contribution in [0.15, 0.2) is 15.9 Å². The van der Waals surface area contributed by atoms with E-state index in [2.05, 4.69) is 45.0 Å². The Balaban J connectivity index is 2.07. The fraction of sp³-hybridized carbons (Fsp3) is 0.385. The van der Waals surface area contributed by atoms with Crippen LogP contribution in [0.3, 0.4) is 0 Å². The molecule has 0 fully saturated rings. The number of carbonyl (C=O) groups is 1. The van der Waals surface area contributed by atoms with Crippen molar-refractivity contribution in [1.82, 2.24) is 10.3 Å². The molecular formula is C13H17BrN4OS2. The van der Waals surface area contributed by atoms with Gasteiger partial charge in [-0.2, -0.15) is 0 Å². The van der Waals surface area contributed by atoms with Crippen LogP contribution in [-0.2, 0) is 6.54 Å². The number of hydrogen-bond acceptors (Lipinski definition) is 6. The Morgan fingerprint density at radius 1 is 1.48 bits per heavy atom. The number of nitrogens with two attached hydrogens (primary N) is 1. The van der Waals surface area contributed by atoms with Crippen LogP contribution < -0.4 is 16.0 Å². The molecule has 1 amide bonds. The molecule has 5 nitrogen and oxygen atoms in total. The minimum atomic E-state index is -0.177. The van der Waals surface area contributed by atoms with Crippen LogP contribution in [0, 0.1) is 0 Å². The van der Waals surface area contributed by atoms with E-state index in [1.165, 1.54) is 11.3 Å². The fourth-order valence-electron chi connectivity index (χ4n) is 1.80. The molecule has 2 aromatic rings. The monoisotopic (exact) mass is 388 g/mol. The molecule has 0 aliphatic carbocycles. The minimum Gasteiger partial charge on any atom is -0.382 e. The number of thiophene rings is 1. The van der Waals surface area contributed by atoms with Gasteiger partial charge in [0.15, 0.2) is 5.13 Å². The Bertz CT molecular complexity index is 621. The summed E-state index contributed by atoms with van der Waals surface area (Å²) in [5, 5.41) is 5.65. The number of hydrogen-bond donors (Lipinski definition) is 2. The largest absolute Gasteiger partial charge is 0.382 e. The van der Waals surface area contributed by atoms with Crippen LogP contribution in [0.4, 0.5) is 10.9 Å². The minimum absolute atomic E-state index is 0.177. The average molecular weight is 389 g/mol. The van der Waals surface area contributed by atoms with E-state index < -0.39 is 0 Å². The Kier molecular flexibility index (Phi) is 5.60. The molecule has 3 N–H and O–H groups in total. The van der Waals surface area contributed by atoms with Crippen LogP contribution in [0.1, 0.15) is 28.4 Å². The zero-order valence-electron chi connectivity index (χ0n) is 11.9. The first-order chi connectivity index (χ1) is 10.1. The Labute approximate surface area is 140 Å². The van der Waals surface area contributed by atoms with Gasteiger partial charge >= 0.3 is 0 Å². The van der Waals surface area contributed by atoms with Gasteiger partial charge in [0.2, 0.25) is 0 Å². The van der Waals surface area contributed by atoms with Gasteiger partial charge in [-0.3, -0.25) is 4.79 Å². The number of halogens is 1. The number of amides is 1. The first kappa shape index (κ1) is 16.3. The summed E-state index contributed by atoms with van der Waals surface area (Å²) in [7, 11) is 0. The van der Waals surface area contributed by atoms with Crippen molar-refractivity contribution in [3.8, 4) is 0 Å². The van der Waals surface area contributed by atoms with Crippen LogP contribution in [0.25, 0.3) is 0 Å². The van der Waals surface area contributed by atoms with Gasteiger partial charge in [-0.15, -0.1) is 11.3 Å². The molecule has 0 bridgehead atoms. The third-order valence-corrected chi connectivity index (χ3v) is 6.04. The molecule has 0 saturated heterocycles. The zero-order valence-corrected chi connectivity index (χ0v) is 15.1. The summed E-state index contributed by atoms with van der Waals surface area (Å²) in [5.74, 6) is 0.119. The lowest BCUT2D eigenvalue weighted by Crippen LogP contribution is -2.22. The van der Waals surface area contributed by atoms with Crippen molar-refractivity contribution in [3.05, 3.63) is 25.7 Å². The first-order valence-electron chi connectivity index (χ1n) is 6.58. The lowest BCUT2D eigenvalue weighted by Gasteiger charge is -2.16. The van der Waals surface area contributed by atoms with Gasteiger partial charge in [0.1, 0.15) is 10.7 Å². The van der Waals surface area contributed by atoms with E-state index in [1.54, 1.807) is 11.3 Å². The van der Waals surface area contributed by atoms with Crippen LogP contribution >= 0.6 is 38.6 Å². The molecule has 0 saturated carbocycles. The maximum atomic E-state index is 12.2. The summed E-state index contributed by atoms with van der Waals surface area (Å²) in [6.07, 6.45) is 0. The Morgan fingerprint density at radius 3 is 2.76 bits per heavy atom. The van der Waals surface area contributed by atoms with Crippen molar-refractivity contribution in [3.63, 3.8) is 0 Å². The van der Waals surface area contributed by atoms with Crippen LogP contribution in [0.5, 0.6) is 0 Å². The molecule has 2 rings (SSSR count). The smallest absolute Gasteiger partial charge is 0.265 e. The van der Waals surface area contributed by atoms with Gasteiger partial charge in [-0.1, -0.05) is 11.3 Å². The topological polar surface area (TPSA) is 71.2 Å². The highest BCUT2D eigenvalue weighted by Crippen LogP contribution is 2.28. The molecule has 0 aliphatic heterocycles. The molecule has 0 spiro atoms. The van der Waals surface area contributed by atoms with Gasteiger partial charge in [0, 0.05) is 22.4 Å². The van der Waals surface area contributed by atoms with Crippen molar-refractivity contribution in [2.75, 3.05) is 23.7 Å². The maximum absolute atomic E-state index is 12.2. The van der Waals surface area contributed by atoms with Gasteiger partial charge in [-0.25, -0.2) is 4.98 Å². The maximum Gasteiger partial charge on any atom is 0.265 e. The Morgan fingerprint density at radius 2 is 2.19 bits per heavy atom. The van der Waals surface area contributed by atoms with Crippen molar-refractivity contribution in [1.29, 1.82) is 0 Å². The highest BCUT2D eigenvalue weighted by molar-refractivity contribution is 9.10. The number of thiazole rings is 1.